The fourth-order valence-electron chi connectivity index (χ4n) is 1.81. The van der Waals surface area contributed by atoms with Crippen molar-refractivity contribution in [3.05, 3.63) is 22.4 Å². The molecule has 2 rings (SSSR count). The molecule has 0 bridgehead atoms. The maximum absolute atomic E-state index is 11.9. The Bertz CT molecular complexity index is 489. The highest BCUT2D eigenvalue weighted by atomic mass is 32.2. The number of rotatable bonds is 4. The Kier molecular flexibility index (Phi) is 4.36. The maximum atomic E-state index is 11.9. The zero-order valence-corrected chi connectivity index (χ0v) is 11.4. The third-order valence-electron chi connectivity index (χ3n) is 2.76. The summed E-state index contributed by atoms with van der Waals surface area (Å²) >= 11 is 1.48. The van der Waals surface area contributed by atoms with Crippen LogP contribution in [0.4, 0.5) is 0 Å². The summed E-state index contributed by atoms with van der Waals surface area (Å²) < 4.78 is 31.1. The largest absolute Gasteiger partial charge is 0.380 e. The molecule has 7 heteroatoms. The normalized spacial score (nSPS) is 20.6. The summed E-state index contributed by atoms with van der Waals surface area (Å²) in [6, 6.07) is 1.81. The van der Waals surface area contributed by atoms with Gasteiger partial charge in [0.1, 0.15) is 5.25 Å². The lowest BCUT2D eigenvalue weighted by molar-refractivity contribution is -0.118. The number of thiophene rings is 1. The molecule has 0 aromatic carbocycles. The quantitative estimate of drug-likeness (QED) is 0.894. The molecule has 18 heavy (non-hydrogen) atoms. The lowest BCUT2D eigenvalue weighted by Crippen LogP contribution is -2.42. The molecule has 1 aromatic rings. The molecule has 1 saturated heterocycles. The number of hydrogen-bond donors (Lipinski definition) is 1. The van der Waals surface area contributed by atoms with Gasteiger partial charge in [-0.15, -0.1) is 0 Å². The van der Waals surface area contributed by atoms with E-state index in [1.165, 1.54) is 11.3 Å². The molecule has 0 saturated carbocycles. The van der Waals surface area contributed by atoms with Gasteiger partial charge in [0.25, 0.3) is 0 Å². The van der Waals surface area contributed by atoms with Gasteiger partial charge < -0.3 is 4.74 Å². The van der Waals surface area contributed by atoms with Gasteiger partial charge in [0, 0.05) is 6.61 Å². The summed E-state index contributed by atoms with van der Waals surface area (Å²) in [5.41, 5.74) is 0.826. The number of sulfonamides is 1. The number of nitrogens with one attached hydrogen (secondary N) is 1. The molecule has 1 amide bonds. The minimum atomic E-state index is -3.61. The highest BCUT2D eigenvalue weighted by Gasteiger charge is 2.29. The second-order valence-corrected chi connectivity index (χ2v) is 6.96. The van der Waals surface area contributed by atoms with Crippen LogP contribution in [0.3, 0.4) is 0 Å². The Hall–Kier alpha value is -0.920. The van der Waals surface area contributed by atoms with Crippen LogP contribution in [0.1, 0.15) is 18.4 Å². The lowest BCUT2D eigenvalue weighted by atomic mass is 10.2. The van der Waals surface area contributed by atoms with Crippen molar-refractivity contribution in [2.24, 2.45) is 0 Å². The molecule has 5 nitrogen and oxygen atoms in total. The molecular weight excluding hydrogens is 274 g/mol. The molecule has 1 atom stereocenters. The summed E-state index contributed by atoms with van der Waals surface area (Å²) in [4.78, 5) is 11.6. The Labute approximate surface area is 110 Å². The maximum Gasteiger partial charge on any atom is 0.240 e. The molecular formula is C11H15NO4S2. The first kappa shape index (κ1) is 13.5. The van der Waals surface area contributed by atoms with E-state index in [0.29, 0.717) is 19.4 Å². The van der Waals surface area contributed by atoms with E-state index in [4.69, 9.17) is 4.74 Å². The van der Waals surface area contributed by atoms with Gasteiger partial charge in [0.15, 0.2) is 0 Å². The Balaban J connectivity index is 1.93. The number of amides is 1. The Morgan fingerprint density at radius 3 is 3.00 bits per heavy atom. The second-order valence-electron chi connectivity index (χ2n) is 4.22. The van der Waals surface area contributed by atoms with Crippen LogP contribution in [0.2, 0.25) is 0 Å². The van der Waals surface area contributed by atoms with Gasteiger partial charge in [-0.1, -0.05) is 0 Å². The van der Waals surface area contributed by atoms with E-state index < -0.39 is 21.2 Å². The van der Waals surface area contributed by atoms with Crippen molar-refractivity contribution in [3.8, 4) is 0 Å². The molecule has 100 valence electrons. The zero-order chi connectivity index (χ0) is 13.0. The molecule has 0 spiro atoms. The van der Waals surface area contributed by atoms with Crippen LogP contribution >= 0.6 is 11.3 Å². The summed E-state index contributed by atoms with van der Waals surface area (Å²) in [6.45, 7) is 0.760. The van der Waals surface area contributed by atoms with Gasteiger partial charge in [0.05, 0.1) is 13.0 Å². The van der Waals surface area contributed by atoms with Gasteiger partial charge in [-0.2, -0.15) is 11.3 Å². The van der Waals surface area contributed by atoms with Gasteiger partial charge in [-0.25, -0.2) is 8.42 Å². The molecule has 1 aliphatic heterocycles. The van der Waals surface area contributed by atoms with E-state index in [1.54, 1.807) is 6.07 Å². The van der Waals surface area contributed by atoms with E-state index in [0.717, 1.165) is 5.56 Å². The first-order valence-electron chi connectivity index (χ1n) is 5.71. The second kappa shape index (κ2) is 5.81. The van der Waals surface area contributed by atoms with Crippen LogP contribution in [0.25, 0.3) is 0 Å². The predicted octanol–water partition coefficient (Wildman–Crippen LogP) is 0.916. The average molecular weight is 289 g/mol. The highest BCUT2D eigenvalue weighted by Crippen LogP contribution is 2.14. The SMILES string of the molecule is O=C(Cc1ccsc1)NS(=O)(=O)C1CCCOC1. The van der Waals surface area contributed by atoms with Crippen molar-refractivity contribution in [2.45, 2.75) is 24.5 Å². The van der Waals surface area contributed by atoms with Crippen LogP contribution in [-0.2, 0) is 26.0 Å². The molecule has 1 aromatic heterocycles. The molecule has 1 unspecified atom stereocenters. The molecule has 2 heterocycles. The topological polar surface area (TPSA) is 72.5 Å². The molecule has 0 radical (unpaired) electrons. The molecule has 0 aliphatic carbocycles. The van der Waals surface area contributed by atoms with Crippen molar-refractivity contribution in [3.63, 3.8) is 0 Å². The summed E-state index contributed by atoms with van der Waals surface area (Å²) in [5, 5.41) is 3.07. The standard InChI is InChI=1S/C11H15NO4S2/c13-11(6-9-3-5-17-8-9)12-18(14,15)10-2-1-4-16-7-10/h3,5,8,10H,1-2,4,6-7H2,(H,12,13). The monoisotopic (exact) mass is 289 g/mol. The van der Waals surface area contributed by atoms with Crippen LogP contribution in [0, 0.1) is 0 Å². The van der Waals surface area contributed by atoms with Crippen molar-refractivity contribution in [2.75, 3.05) is 13.2 Å². The Morgan fingerprint density at radius 2 is 2.39 bits per heavy atom. The van der Waals surface area contributed by atoms with E-state index in [9.17, 15) is 13.2 Å². The van der Waals surface area contributed by atoms with Crippen molar-refractivity contribution < 1.29 is 17.9 Å². The number of hydrogen-bond acceptors (Lipinski definition) is 5. The van der Waals surface area contributed by atoms with Crippen molar-refractivity contribution in [1.29, 1.82) is 0 Å². The Morgan fingerprint density at radius 1 is 1.56 bits per heavy atom. The highest BCUT2D eigenvalue weighted by molar-refractivity contribution is 7.90. The van der Waals surface area contributed by atoms with Gasteiger partial charge in [-0.3, -0.25) is 9.52 Å². The fourth-order valence-corrected chi connectivity index (χ4v) is 3.79. The third-order valence-corrected chi connectivity index (χ3v) is 5.25. The van der Waals surface area contributed by atoms with Gasteiger partial charge in [0.2, 0.25) is 15.9 Å². The van der Waals surface area contributed by atoms with E-state index in [-0.39, 0.29) is 13.0 Å². The first-order chi connectivity index (χ1) is 8.58. The number of ether oxygens (including phenoxy) is 1. The summed E-state index contributed by atoms with van der Waals surface area (Å²) in [7, 11) is -3.61. The fraction of sp³-hybridized carbons (Fsp3) is 0.545. The molecule has 1 fully saturated rings. The molecule has 1 N–H and O–H groups in total. The zero-order valence-electron chi connectivity index (χ0n) is 9.79. The van der Waals surface area contributed by atoms with Gasteiger partial charge >= 0.3 is 0 Å². The van der Waals surface area contributed by atoms with Crippen molar-refractivity contribution >= 4 is 27.3 Å². The lowest BCUT2D eigenvalue weighted by Gasteiger charge is -2.22. The van der Waals surface area contributed by atoms with Gasteiger partial charge in [-0.05, 0) is 35.2 Å². The van der Waals surface area contributed by atoms with E-state index in [1.807, 2.05) is 10.8 Å². The predicted molar refractivity (Wildman–Crippen MR) is 68.9 cm³/mol. The van der Waals surface area contributed by atoms with Crippen LogP contribution in [0.15, 0.2) is 16.8 Å². The van der Waals surface area contributed by atoms with E-state index >= 15 is 0 Å². The van der Waals surface area contributed by atoms with E-state index in [2.05, 4.69) is 4.72 Å². The first-order valence-corrected chi connectivity index (χ1v) is 8.20. The van der Waals surface area contributed by atoms with Crippen LogP contribution < -0.4 is 4.72 Å². The minimum Gasteiger partial charge on any atom is -0.380 e. The van der Waals surface area contributed by atoms with Crippen LogP contribution in [-0.4, -0.2) is 32.8 Å². The average Bonchev–Trinajstić information content (AvgIpc) is 2.82. The van der Waals surface area contributed by atoms with Crippen LogP contribution in [0.5, 0.6) is 0 Å². The smallest absolute Gasteiger partial charge is 0.240 e. The minimum absolute atomic E-state index is 0.0936. The molecule has 1 aliphatic rings. The number of carbonyl (C=O) groups is 1. The number of carbonyl (C=O) groups excluding carboxylic acids is 1. The van der Waals surface area contributed by atoms with Crippen molar-refractivity contribution in [1.82, 2.24) is 4.72 Å². The summed E-state index contributed by atoms with van der Waals surface area (Å²) in [5.74, 6) is -0.487. The third kappa shape index (κ3) is 3.54. The summed E-state index contributed by atoms with van der Waals surface area (Å²) in [6.07, 6.45) is 1.35.